The second kappa shape index (κ2) is 49.7. The monoisotopic (exact) mass is 1420 g/mol. The van der Waals surface area contributed by atoms with E-state index in [-0.39, 0.29) is 24.0 Å². The molecule has 4 aromatic carbocycles. The first-order valence-electron chi connectivity index (χ1n) is 17.0. The van der Waals surface area contributed by atoms with Crippen molar-refractivity contribution in [3.63, 3.8) is 0 Å². The molecule has 0 bridgehead atoms. The Morgan fingerprint density at radius 2 is 0.765 bits per heavy atom. The van der Waals surface area contributed by atoms with Gasteiger partial charge in [-0.05, 0) is 42.0 Å². The summed E-state index contributed by atoms with van der Waals surface area (Å²) in [6, 6.07) is 40.0. The maximum atomic E-state index is 12.3. The Hall–Kier alpha value is 1.68. The van der Waals surface area contributed by atoms with Crippen molar-refractivity contribution in [3.8, 4) is 0 Å². The fraction of sp³-hybridized carbons (Fsp3) is 0.400. The van der Waals surface area contributed by atoms with Gasteiger partial charge in [-0.2, -0.15) is 0 Å². The van der Waals surface area contributed by atoms with Crippen LogP contribution >= 0.6 is 113 Å². The molecule has 0 aliphatic heterocycles. The molecule has 0 aromatic heterocycles. The van der Waals surface area contributed by atoms with Gasteiger partial charge in [0.05, 0.1) is 13.7 Å². The molecule has 1 unspecified atom stereocenters. The van der Waals surface area contributed by atoms with Crippen LogP contribution in [0.1, 0.15) is 84.6 Å². The minimum atomic E-state index is -2.58. The SMILES string of the molecule is CC.CC.CC.CC.CCc1ccccc1.CP(=O)(Cc1ccccc1)OCc1ccccc1.CP(C)(=O)Cc1ccccc1.I.II.I[I-]I. The standard InChI is InChI=1S/C15H17O2P.C9H13OP.C8H10.4C2H6.I3.I2.HI/c1-18(16,13-15-10-6-3-7-11-15)17-12-14-8-4-2-5-9-14;1-11(2,10)8-9-6-4-3-5-7-9;1-2-8-6-4-3-5-7-8;4*1-2;1-3-2;1-2;/h2-11H,12-13H2,1H3;3-7H,8H2,1-2H3;3-7H,2H2,1H3;4*1-2H3;;;1H/q;;;;;;;-1;;. The van der Waals surface area contributed by atoms with Gasteiger partial charge in [0.15, 0.2) is 0 Å². The first-order chi connectivity index (χ1) is 24.1. The molecule has 296 valence electrons. The van der Waals surface area contributed by atoms with E-state index in [4.69, 9.17) is 4.52 Å². The van der Waals surface area contributed by atoms with Crippen LogP contribution in [0.3, 0.4) is 0 Å². The van der Waals surface area contributed by atoms with Gasteiger partial charge < -0.3 is 9.09 Å². The number of rotatable bonds is 8. The molecule has 51 heavy (non-hydrogen) atoms. The van der Waals surface area contributed by atoms with Crippen molar-refractivity contribution in [1.82, 2.24) is 0 Å². The van der Waals surface area contributed by atoms with E-state index in [1.54, 1.807) is 6.66 Å². The number of hydrogen-bond donors (Lipinski definition) is 0. The van der Waals surface area contributed by atoms with Gasteiger partial charge in [-0.1, -0.05) is 184 Å². The van der Waals surface area contributed by atoms with Crippen molar-refractivity contribution in [3.05, 3.63) is 144 Å². The first-order valence-corrected chi connectivity index (χ1v) is 40.9. The van der Waals surface area contributed by atoms with Gasteiger partial charge in [0.2, 0.25) is 7.37 Å². The fourth-order valence-electron chi connectivity index (χ4n) is 3.48. The molecule has 0 radical (unpaired) electrons. The minimum absolute atomic E-state index is 0. The van der Waals surface area contributed by atoms with Crippen LogP contribution in [-0.2, 0) is 39.0 Å². The molecule has 4 aromatic rings. The van der Waals surface area contributed by atoms with Crippen LogP contribution in [0.5, 0.6) is 0 Å². The van der Waals surface area contributed by atoms with Crippen LogP contribution in [0.15, 0.2) is 121 Å². The Morgan fingerprint density at radius 3 is 1.02 bits per heavy atom. The maximum absolute atomic E-state index is 12.3. The van der Waals surface area contributed by atoms with Crippen LogP contribution in [0.2, 0.25) is 0 Å². The van der Waals surface area contributed by atoms with Gasteiger partial charge in [0, 0.05) is 56.2 Å². The molecule has 4 rings (SSSR count). The van der Waals surface area contributed by atoms with E-state index in [9.17, 15) is 9.13 Å². The Kier molecular flexibility index (Phi) is 62.9. The van der Waals surface area contributed by atoms with Crippen molar-refractivity contribution in [2.24, 2.45) is 0 Å². The molecule has 0 saturated carbocycles. The molecular weight excluding hydrogens is 1350 g/mol. The van der Waals surface area contributed by atoms with E-state index < -0.39 is 14.5 Å². The van der Waals surface area contributed by atoms with Crippen LogP contribution < -0.4 is 13.3 Å². The summed E-state index contributed by atoms with van der Waals surface area (Å²) in [7, 11) is -4.47. The molecule has 0 spiro atoms. The summed E-state index contributed by atoms with van der Waals surface area (Å²) in [5, 5.41) is 0. The van der Waals surface area contributed by atoms with Gasteiger partial charge in [-0.25, -0.2) is 0 Å². The third-order valence-corrected chi connectivity index (χ3v) is 8.06. The summed E-state index contributed by atoms with van der Waals surface area (Å²) in [6.45, 7) is 23.9. The quantitative estimate of drug-likeness (QED) is 0.130. The fourth-order valence-corrected chi connectivity index (χ4v) is 5.96. The molecular formula is C40H65I6O3P2-. The van der Waals surface area contributed by atoms with E-state index in [2.05, 4.69) is 106 Å². The van der Waals surface area contributed by atoms with Crippen molar-refractivity contribution >= 4 is 113 Å². The van der Waals surface area contributed by atoms with E-state index in [1.165, 1.54) is 11.1 Å². The van der Waals surface area contributed by atoms with Crippen molar-refractivity contribution in [2.45, 2.75) is 87.7 Å². The van der Waals surface area contributed by atoms with Crippen molar-refractivity contribution in [1.29, 1.82) is 0 Å². The van der Waals surface area contributed by atoms with E-state index in [1.807, 2.05) is 166 Å². The average Bonchev–Trinajstić information content (AvgIpc) is 3.16. The summed E-state index contributed by atoms with van der Waals surface area (Å²) < 4.78 is 29.3. The van der Waals surface area contributed by atoms with Crippen LogP contribution in [0, 0.1) is 0 Å². The topological polar surface area (TPSA) is 43.4 Å². The summed E-state index contributed by atoms with van der Waals surface area (Å²) in [4.78, 5) is 0. The zero-order chi connectivity index (χ0) is 39.7. The molecule has 0 aliphatic carbocycles. The normalized spacial score (nSPS) is 9.88. The first kappa shape index (κ1) is 64.6. The van der Waals surface area contributed by atoms with Crippen molar-refractivity contribution in [2.75, 3.05) is 20.0 Å². The molecule has 0 amide bonds. The van der Waals surface area contributed by atoms with Crippen molar-refractivity contribution < 1.29 is 26.9 Å². The summed E-state index contributed by atoms with van der Waals surface area (Å²) >= 11 is 9.54. The summed E-state index contributed by atoms with van der Waals surface area (Å²) in [6.07, 6.45) is 2.34. The molecule has 0 saturated heterocycles. The Labute approximate surface area is 385 Å². The van der Waals surface area contributed by atoms with E-state index in [0.717, 1.165) is 17.5 Å². The van der Waals surface area contributed by atoms with Gasteiger partial charge in [-0.15, -0.1) is 24.0 Å². The van der Waals surface area contributed by atoms with Gasteiger partial charge >= 0.3 is 50.5 Å². The summed E-state index contributed by atoms with van der Waals surface area (Å²) in [5.74, 6) is 0. The number of aryl methyl sites for hydroxylation is 1. The van der Waals surface area contributed by atoms with Gasteiger partial charge in [0.1, 0.15) is 0 Å². The molecule has 0 heterocycles. The zero-order valence-electron chi connectivity index (χ0n) is 32.8. The van der Waals surface area contributed by atoms with E-state index in [0.29, 0.717) is 32.2 Å². The molecule has 3 nitrogen and oxygen atoms in total. The predicted octanol–water partition coefficient (Wildman–Crippen LogP) is 14.6. The third kappa shape index (κ3) is 47.8. The van der Waals surface area contributed by atoms with Crippen LogP contribution in [-0.4, -0.2) is 20.0 Å². The Bertz CT molecular complexity index is 1270. The predicted molar refractivity (Wildman–Crippen MR) is 277 cm³/mol. The third-order valence-electron chi connectivity index (χ3n) is 5.32. The number of halogens is 6. The number of hydrogen-bond acceptors (Lipinski definition) is 3. The molecule has 0 fully saturated rings. The second-order valence-electron chi connectivity index (χ2n) is 9.53. The van der Waals surface area contributed by atoms with Crippen LogP contribution in [0.25, 0.3) is 0 Å². The van der Waals surface area contributed by atoms with Gasteiger partial charge in [0.25, 0.3) is 0 Å². The summed E-state index contributed by atoms with van der Waals surface area (Å²) in [5.41, 5.74) is 4.68. The molecule has 11 heteroatoms. The second-order valence-corrected chi connectivity index (χ2v) is 31.8. The van der Waals surface area contributed by atoms with E-state index >= 15 is 0 Å². The Balaban J connectivity index is -0.000000133. The average molecular weight is 1420 g/mol. The van der Waals surface area contributed by atoms with Crippen LogP contribution in [0.4, 0.5) is 0 Å². The Morgan fingerprint density at radius 1 is 0.510 bits per heavy atom. The zero-order valence-corrected chi connectivity index (χ0v) is 47.7. The number of benzene rings is 4. The van der Waals surface area contributed by atoms with Gasteiger partial charge in [-0.3, -0.25) is 4.57 Å². The molecule has 1 atom stereocenters. The molecule has 0 N–H and O–H groups in total. The molecule has 0 aliphatic rings.